The number of unbranched alkanes of at least 4 members (excludes halogenated alkanes) is 1. The minimum absolute atomic E-state index is 0.497. The first-order valence-corrected chi connectivity index (χ1v) is 9.22. The van der Waals surface area contributed by atoms with Crippen molar-refractivity contribution in [2.45, 2.75) is 52.5 Å². The number of piperidine rings is 1. The minimum atomic E-state index is -3.24. The van der Waals surface area contributed by atoms with Gasteiger partial charge in [-0.3, -0.25) is 0 Å². The molecule has 0 radical (unpaired) electrons. The molecule has 0 aromatic heterocycles. The third-order valence-corrected chi connectivity index (χ3v) is 5.92. The van der Waals surface area contributed by atoms with Gasteiger partial charge in [-0.2, -0.15) is 17.0 Å². The predicted molar refractivity (Wildman–Crippen MR) is 83.9 cm³/mol. The monoisotopic (exact) mass is 305 g/mol. The normalized spacial score (nSPS) is 19.1. The number of rotatable bonds is 8. The molecule has 0 amide bonds. The lowest BCUT2D eigenvalue weighted by Crippen LogP contribution is -2.47. The van der Waals surface area contributed by atoms with Crippen LogP contribution in [0.15, 0.2) is 0 Å². The van der Waals surface area contributed by atoms with E-state index in [0.29, 0.717) is 31.6 Å². The standard InChI is InChI=1S/C14H31N3O2S/c1-5-6-9-16(4)20(18,19)17-10-7-14(8-11-17)12-15-13(2)3/h13-15H,5-12H2,1-4H3. The molecule has 1 rings (SSSR count). The van der Waals surface area contributed by atoms with Crippen molar-refractivity contribution in [1.29, 1.82) is 0 Å². The molecule has 20 heavy (non-hydrogen) atoms. The van der Waals surface area contributed by atoms with E-state index in [-0.39, 0.29) is 0 Å². The number of nitrogens with one attached hydrogen (secondary N) is 1. The molecule has 1 heterocycles. The van der Waals surface area contributed by atoms with Crippen LogP contribution < -0.4 is 5.32 Å². The molecule has 1 aliphatic rings. The Morgan fingerprint density at radius 3 is 2.40 bits per heavy atom. The molecule has 0 aliphatic carbocycles. The lowest BCUT2D eigenvalue weighted by Gasteiger charge is -2.34. The average Bonchev–Trinajstić information content (AvgIpc) is 2.42. The number of hydrogen-bond acceptors (Lipinski definition) is 3. The summed E-state index contributed by atoms with van der Waals surface area (Å²) in [7, 11) is -1.55. The van der Waals surface area contributed by atoms with E-state index in [1.165, 1.54) is 4.31 Å². The molecule has 0 spiro atoms. The molecule has 5 nitrogen and oxygen atoms in total. The SMILES string of the molecule is CCCCN(C)S(=O)(=O)N1CCC(CNC(C)C)CC1. The lowest BCUT2D eigenvalue weighted by atomic mass is 9.98. The summed E-state index contributed by atoms with van der Waals surface area (Å²) < 4.78 is 28.0. The van der Waals surface area contributed by atoms with Gasteiger partial charge in [0.05, 0.1) is 0 Å². The first kappa shape index (κ1) is 17.9. The van der Waals surface area contributed by atoms with Crippen LogP contribution in [0.4, 0.5) is 0 Å². The summed E-state index contributed by atoms with van der Waals surface area (Å²) in [5.74, 6) is 0.602. The maximum atomic E-state index is 12.4. The molecule has 0 bridgehead atoms. The maximum absolute atomic E-state index is 12.4. The predicted octanol–water partition coefficient (Wildman–Crippen LogP) is 1.67. The Balaban J connectivity index is 2.43. The van der Waals surface area contributed by atoms with Crippen LogP contribution in [0.3, 0.4) is 0 Å². The highest BCUT2D eigenvalue weighted by Gasteiger charge is 2.30. The van der Waals surface area contributed by atoms with Crippen molar-refractivity contribution in [2.75, 3.05) is 33.2 Å². The van der Waals surface area contributed by atoms with Gasteiger partial charge in [-0.15, -0.1) is 0 Å². The second kappa shape index (κ2) is 8.32. The fourth-order valence-corrected chi connectivity index (χ4v) is 3.87. The Kier molecular flexibility index (Phi) is 7.43. The quantitative estimate of drug-likeness (QED) is 0.742. The van der Waals surface area contributed by atoms with E-state index >= 15 is 0 Å². The van der Waals surface area contributed by atoms with Crippen molar-refractivity contribution in [1.82, 2.24) is 13.9 Å². The molecule has 0 unspecified atom stereocenters. The molecule has 0 aromatic carbocycles. The fraction of sp³-hybridized carbons (Fsp3) is 1.00. The van der Waals surface area contributed by atoms with Gasteiger partial charge < -0.3 is 5.32 Å². The molecule has 1 fully saturated rings. The van der Waals surface area contributed by atoms with Crippen LogP contribution in [0.5, 0.6) is 0 Å². The van der Waals surface area contributed by atoms with Gasteiger partial charge in [-0.25, -0.2) is 0 Å². The van der Waals surface area contributed by atoms with Crippen LogP contribution in [0.1, 0.15) is 46.5 Å². The summed E-state index contributed by atoms with van der Waals surface area (Å²) in [6, 6.07) is 0.497. The van der Waals surface area contributed by atoms with E-state index in [1.807, 2.05) is 0 Å². The van der Waals surface area contributed by atoms with Gasteiger partial charge in [0.2, 0.25) is 0 Å². The Hall–Kier alpha value is -0.170. The molecule has 1 saturated heterocycles. The van der Waals surface area contributed by atoms with E-state index in [2.05, 4.69) is 26.1 Å². The Morgan fingerprint density at radius 1 is 1.30 bits per heavy atom. The van der Waals surface area contributed by atoms with E-state index in [1.54, 1.807) is 11.4 Å². The van der Waals surface area contributed by atoms with Crippen LogP contribution in [-0.4, -0.2) is 56.3 Å². The fourth-order valence-electron chi connectivity index (χ4n) is 2.44. The van der Waals surface area contributed by atoms with Gasteiger partial charge >= 0.3 is 0 Å². The second-order valence-corrected chi connectivity index (χ2v) is 8.12. The smallest absolute Gasteiger partial charge is 0.281 e. The zero-order valence-electron chi connectivity index (χ0n) is 13.4. The Labute approximate surface area is 124 Å². The highest BCUT2D eigenvalue weighted by Crippen LogP contribution is 2.20. The summed E-state index contributed by atoms with van der Waals surface area (Å²) in [5.41, 5.74) is 0. The average molecular weight is 305 g/mol. The molecule has 6 heteroatoms. The van der Waals surface area contributed by atoms with Gasteiger partial charge in [0.15, 0.2) is 0 Å². The molecule has 0 aromatic rings. The van der Waals surface area contributed by atoms with E-state index < -0.39 is 10.2 Å². The first-order valence-electron chi connectivity index (χ1n) is 7.82. The third kappa shape index (κ3) is 5.31. The maximum Gasteiger partial charge on any atom is 0.281 e. The highest BCUT2D eigenvalue weighted by atomic mass is 32.2. The summed E-state index contributed by atoms with van der Waals surface area (Å²) in [5, 5.41) is 3.44. The number of hydrogen-bond donors (Lipinski definition) is 1. The van der Waals surface area contributed by atoms with E-state index in [4.69, 9.17) is 0 Å². The van der Waals surface area contributed by atoms with Gasteiger partial charge in [-0.1, -0.05) is 27.2 Å². The molecule has 0 saturated carbocycles. The molecule has 1 N–H and O–H groups in total. The third-order valence-electron chi connectivity index (χ3n) is 3.93. The van der Waals surface area contributed by atoms with Crippen LogP contribution in [0.2, 0.25) is 0 Å². The summed E-state index contributed by atoms with van der Waals surface area (Å²) in [4.78, 5) is 0. The van der Waals surface area contributed by atoms with Crippen LogP contribution >= 0.6 is 0 Å². The minimum Gasteiger partial charge on any atom is -0.314 e. The van der Waals surface area contributed by atoms with Crippen LogP contribution in [0.25, 0.3) is 0 Å². The summed E-state index contributed by atoms with van der Waals surface area (Å²) in [6.07, 6.45) is 3.86. The van der Waals surface area contributed by atoms with Crippen LogP contribution in [-0.2, 0) is 10.2 Å². The van der Waals surface area contributed by atoms with E-state index in [9.17, 15) is 8.42 Å². The topological polar surface area (TPSA) is 52.7 Å². The van der Waals surface area contributed by atoms with Gasteiger partial charge in [0.1, 0.15) is 0 Å². The van der Waals surface area contributed by atoms with Crippen molar-refractivity contribution in [3.8, 4) is 0 Å². The lowest BCUT2D eigenvalue weighted by molar-refractivity contribution is 0.250. The van der Waals surface area contributed by atoms with Gasteiger partial charge in [0.25, 0.3) is 10.2 Å². The van der Waals surface area contributed by atoms with Crippen molar-refractivity contribution in [3.63, 3.8) is 0 Å². The molecule has 0 atom stereocenters. The van der Waals surface area contributed by atoms with Gasteiger partial charge in [-0.05, 0) is 31.7 Å². The molecule has 1 aliphatic heterocycles. The largest absolute Gasteiger partial charge is 0.314 e. The van der Waals surface area contributed by atoms with E-state index in [0.717, 1.165) is 32.2 Å². The van der Waals surface area contributed by atoms with Crippen molar-refractivity contribution in [3.05, 3.63) is 0 Å². The molecule has 120 valence electrons. The van der Waals surface area contributed by atoms with Crippen molar-refractivity contribution >= 4 is 10.2 Å². The first-order chi connectivity index (χ1) is 9.37. The number of nitrogens with zero attached hydrogens (tertiary/aromatic N) is 2. The molecular weight excluding hydrogens is 274 g/mol. The van der Waals surface area contributed by atoms with Crippen LogP contribution in [0, 0.1) is 5.92 Å². The second-order valence-electron chi connectivity index (χ2n) is 6.09. The highest BCUT2D eigenvalue weighted by molar-refractivity contribution is 7.86. The summed E-state index contributed by atoms with van der Waals surface area (Å²) >= 11 is 0. The van der Waals surface area contributed by atoms with Gasteiger partial charge in [0, 0.05) is 32.7 Å². The van der Waals surface area contributed by atoms with Crippen molar-refractivity contribution < 1.29 is 8.42 Å². The van der Waals surface area contributed by atoms with Crippen molar-refractivity contribution in [2.24, 2.45) is 5.92 Å². The molecular formula is C14H31N3O2S. The summed E-state index contributed by atoms with van der Waals surface area (Å²) in [6.45, 7) is 9.29. The Morgan fingerprint density at radius 2 is 1.90 bits per heavy atom. The zero-order chi connectivity index (χ0) is 15.2. The Bertz CT molecular complexity index is 363. The zero-order valence-corrected chi connectivity index (χ0v) is 14.2.